The average molecular weight is 851 g/mol. The van der Waals surface area contributed by atoms with E-state index < -0.39 is 5.41 Å². The quantitative estimate of drug-likeness (QED) is 0.162. The van der Waals surface area contributed by atoms with Crippen molar-refractivity contribution < 1.29 is 0 Å². The number of anilines is 3. The Bertz CT molecular complexity index is 3860. The molecule has 1 aromatic heterocycles. The van der Waals surface area contributed by atoms with Crippen LogP contribution < -0.4 is 4.90 Å². The summed E-state index contributed by atoms with van der Waals surface area (Å²) in [6.07, 6.45) is 0. The van der Waals surface area contributed by atoms with Crippen LogP contribution in [0.4, 0.5) is 17.1 Å². The molecule has 0 saturated heterocycles. The number of hydrogen-bond acceptors (Lipinski definition) is 1. The fraction of sp³-hybridized carbons (Fsp3) is 0.0154. The molecular formula is C65H42N2. The first kappa shape index (κ1) is 37.6. The van der Waals surface area contributed by atoms with E-state index in [0.717, 1.165) is 22.6 Å². The third kappa shape index (κ3) is 5.45. The highest BCUT2D eigenvalue weighted by atomic mass is 15.1. The smallest absolute Gasteiger partial charge is 0.0754 e. The van der Waals surface area contributed by atoms with Crippen molar-refractivity contribution in [2.24, 2.45) is 0 Å². The van der Waals surface area contributed by atoms with Crippen molar-refractivity contribution in [2.45, 2.75) is 5.41 Å². The molecule has 2 aliphatic rings. The Balaban J connectivity index is 0.991. The zero-order chi connectivity index (χ0) is 44.1. The van der Waals surface area contributed by atoms with Crippen LogP contribution in [0.5, 0.6) is 0 Å². The minimum Gasteiger partial charge on any atom is -0.310 e. The van der Waals surface area contributed by atoms with E-state index in [1.54, 1.807) is 0 Å². The van der Waals surface area contributed by atoms with Gasteiger partial charge in [-0.15, -0.1) is 0 Å². The molecule has 0 atom stereocenters. The lowest BCUT2D eigenvalue weighted by Crippen LogP contribution is -2.33. The number of para-hydroxylation sites is 3. The summed E-state index contributed by atoms with van der Waals surface area (Å²) in [6.45, 7) is 0. The largest absolute Gasteiger partial charge is 0.310 e. The number of nitrogens with zero attached hydrogens (tertiary/aromatic N) is 2. The summed E-state index contributed by atoms with van der Waals surface area (Å²) >= 11 is 0. The standard InChI is InChI=1S/C65H42N2/c1-2-16-43(17-3-1)44-32-34-47(35-33-44)52-21-8-12-30-61(52)66(48-38-36-46(37-39-48)51-24-14-19-45-18-4-5-20-50(45)51)49-40-41-62-56(42-49)55-25-15-29-60-64(55)67(62)63-31-13-11-28-59(63)65(60)57-26-9-6-22-53(57)54-23-7-10-27-58(54)65/h1-42H. The van der Waals surface area contributed by atoms with Crippen LogP contribution in [0, 0.1) is 0 Å². The highest BCUT2D eigenvalue weighted by molar-refractivity contribution is 6.14. The van der Waals surface area contributed by atoms with Gasteiger partial charge in [0.2, 0.25) is 0 Å². The summed E-state index contributed by atoms with van der Waals surface area (Å²) < 4.78 is 2.54. The fourth-order valence-corrected chi connectivity index (χ4v) is 11.8. The molecule has 0 bridgehead atoms. The molecule has 312 valence electrons. The summed E-state index contributed by atoms with van der Waals surface area (Å²) in [4.78, 5) is 2.46. The van der Waals surface area contributed by atoms with Crippen LogP contribution in [0.2, 0.25) is 0 Å². The third-order valence-corrected chi connectivity index (χ3v) is 14.6. The van der Waals surface area contributed by atoms with Crippen molar-refractivity contribution >= 4 is 49.6 Å². The van der Waals surface area contributed by atoms with Gasteiger partial charge in [0, 0.05) is 27.7 Å². The van der Waals surface area contributed by atoms with Gasteiger partial charge in [-0.3, -0.25) is 0 Å². The molecule has 1 spiro atoms. The van der Waals surface area contributed by atoms with E-state index >= 15 is 0 Å². The Labute approximate surface area is 389 Å². The first-order valence-corrected chi connectivity index (χ1v) is 23.3. The predicted octanol–water partition coefficient (Wildman–Crippen LogP) is 17.1. The minimum atomic E-state index is -0.455. The summed E-state index contributed by atoms with van der Waals surface area (Å²) in [6, 6.07) is 94.3. The van der Waals surface area contributed by atoms with Crippen LogP contribution in [0.1, 0.15) is 22.3 Å². The summed E-state index contributed by atoms with van der Waals surface area (Å²) in [5, 5.41) is 4.97. The number of rotatable bonds is 6. The molecule has 0 fully saturated rings. The Morgan fingerprint density at radius 3 is 1.63 bits per heavy atom. The van der Waals surface area contributed by atoms with E-state index in [-0.39, 0.29) is 0 Å². The molecule has 1 aliphatic carbocycles. The maximum atomic E-state index is 2.54. The lowest BCUT2D eigenvalue weighted by atomic mass is 9.65. The normalized spacial score (nSPS) is 12.9. The van der Waals surface area contributed by atoms with Gasteiger partial charge in [0.1, 0.15) is 0 Å². The topological polar surface area (TPSA) is 8.17 Å². The van der Waals surface area contributed by atoms with Gasteiger partial charge in [0.15, 0.2) is 0 Å². The van der Waals surface area contributed by atoms with E-state index in [1.807, 2.05) is 0 Å². The number of aromatic nitrogens is 1. The SMILES string of the molecule is c1ccc(-c2ccc(-c3ccccc3N(c3ccc(-c4cccc5ccccc45)cc3)c3ccc4c(c3)c3cccc5c3n4-c3ccccc3C53c4ccccc4-c4ccccc43)cc2)cc1. The number of fused-ring (bicyclic) bond motifs is 13. The Hall–Kier alpha value is -8.72. The van der Waals surface area contributed by atoms with Crippen LogP contribution >= 0.6 is 0 Å². The van der Waals surface area contributed by atoms with Gasteiger partial charge in [-0.25, -0.2) is 0 Å². The summed E-state index contributed by atoms with van der Waals surface area (Å²) in [7, 11) is 0. The molecule has 0 radical (unpaired) electrons. The summed E-state index contributed by atoms with van der Waals surface area (Å²) in [5.74, 6) is 0. The molecule has 14 rings (SSSR count). The zero-order valence-electron chi connectivity index (χ0n) is 36.6. The monoisotopic (exact) mass is 850 g/mol. The molecule has 2 heterocycles. The fourth-order valence-electron chi connectivity index (χ4n) is 11.8. The minimum absolute atomic E-state index is 0.455. The van der Waals surface area contributed by atoms with Gasteiger partial charge < -0.3 is 9.47 Å². The molecule has 0 amide bonds. The number of benzene rings is 11. The van der Waals surface area contributed by atoms with Crippen LogP contribution in [0.3, 0.4) is 0 Å². The van der Waals surface area contributed by atoms with Crippen molar-refractivity contribution in [2.75, 3.05) is 4.90 Å². The van der Waals surface area contributed by atoms with Gasteiger partial charge in [0.05, 0.1) is 27.8 Å². The molecule has 1 aliphatic heterocycles. The van der Waals surface area contributed by atoms with E-state index in [9.17, 15) is 0 Å². The third-order valence-electron chi connectivity index (χ3n) is 14.6. The van der Waals surface area contributed by atoms with Crippen LogP contribution in [0.25, 0.3) is 82.8 Å². The lowest BCUT2D eigenvalue weighted by molar-refractivity contribution is 0.748. The van der Waals surface area contributed by atoms with Gasteiger partial charge in [-0.2, -0.15) is 0 Å². The maximum Gasteiger partial charge on any atom is 0.0754 e. The highest BCUT2D eigenvalue weighted by Gasteiger charge is 2.50. The van der Waals surface area contributed by atoms with Gasteiger partial charge in [-0.05, 0) is 114 Å². The molecule has 0 saturated carbocycles. The molecule has 0 unspecified atom stereocenters. The first-order valence-electron chi connectivity index (χ1n) is 23.3. The predicted molar refractivity (Wildman–Crippen MR) is 280 cm³/mol. The second kappa shape index (κ2) is 14.7. The highest BCUT2D eigenvalue weighted by Crippen LogP contribution is 2.61. The van der Waals surface area contributed by atoms with Gasteiger partial charge >= 0.3 is 0 Å². The molecule has 0 N–H and O–H groups in total. The first-order chi connectivity index (χ1) is 33.3. The van der Waals surface area contributed by atoms with E-state index in [4.69, 9.17) is 0 Å². The molecular weight excluding hydrogens is 809 g/mol. The van der Waals surface area contributed by atoms with E-state index in [0.29, 0.717) is 0 Å². The zero-order valence-corrected chi connectivity index (χ0v) is 36.6. The van der Waals surface area contributed by atoms with Crippen molar-refractivity contribution in [1.82, 2.24) is 4.57 Å². The van der Waals surface area contributed by atoms with Gasteiger partial charge in [0.25, 0.3) is 0 Å². The van der Waals surface area contributed by atoms with E-state index in [1.165, 1.54) is 99.5 Å². The molecule has 67 heavy (non-hydrogen) atoms. The number of hydrogen-bond donors (Lipinski definition) is 0. The Morgan fingerprint density at radius 2 is 0.836 bits per heavy atom. The van der Waals surface area contributed by atoms with Crippen molar-refractivity contribution in [3.05, 3.63) is 277 Å². The lowest BCUT2D eigenvalue weighted by Gasteiger charge is -2.39. The average Bonchev–Trinajstić information content (AvgIpc) is 3.89. The molecule has 2 nitrogen and oxygen atoms in total. The maximum absolute atomic E-state index is 2.54. The molecule has 2 heteroatoms. The van der Waals surface area contributed by atoms with Crippen molar-refractivity contribution in [3.8, 4) is 50.2 Å². The van der Waals surface area contributed by atoms with E-state index in [2.05, 4.69) is 264 Å². The molecule has 12 aromatic rings. The van der Waals surface area contributed by atoms with Gasteiger partial charge in [-0.1, -0.05) is 212 Å². The summed E-state index contributed by atoms with van der Waals surface area (Å²) in [5.41, 5.74) is 21.7. The second-order valence-electron chi connectivity index (χ2n) is 18.0. The van der Waals surface area contributed by atoms with Crippen LogP contribution in [-0.4, -0.2) is 4.57 Å². The van der Waals surface area contributed by atoms with Crippen LogP contribution in [-0.2, 0) is 5.41 Å². The Kier molecular flexibility index (Phi) is 8.23. The second-order valence-corrected chi connectivity index (χ2v) is 18.0. The molecule has 11 aromatic carbocycles. The van der Waals surface area contributed by atoms with Crippen LogP contribution in [0.15, 0.2) is 255 Å². The van der Waals surface area contributed by atoms with Crippen molar-refractivity contribution in [1.29, 1.82) is 0 Å². The van der Waals surface area contributed by atoms with Crippen molar-refractivity contribution in [3.63, 3.8) is 0 Å². The Morgan fingerprint density at radius 1 is 0.313 bits per heavy atom.